The molecule has 5 heteroatoms. The van der Waals surface area contributed by atoms with Gasteiger partial charge in [-0.15, -0.1) is 0 Å². The van der Waals surface area contributed by atoms with Crippen molar-refractivity contribution < 1.29 is 9.26 Å². The van der Waals surface area contributed by atoms with E-state index in [1.54, 1.807) is 17.9 Å². The second kappa shape index (κ2) is 4.17. The lowest BCUT2D eigenvalue weighted by Crippen LogP contribution is -2.26. The molecule has 0 fully saturated rings. The molecule has 0 N–H and O–H groups in total. The molecule has 1 aromatic carbocycles. The monoisotopic (exact) mass is 237 g/mol. The molecular weight excluding hydrogens is 224 g/mol. The van der Waals surface area contributed by atoms with Gasteiger partial charge < -0.3 is 4.84 Å². The number of fused-ring (bicyclic) bond motifs is 1. The number of nitrogens with zero attached hydrogens (tertiary/aromatic N) is 2. The van der Waals surface area contributed by atoms with E-state index in [0.29, 0.717) is 10.5 Å². The molecule has 0 atom stereocenters. The molecule has 0 aliphatic carbocycles. The lowest BCUT2D eigenvalue weighted by Gasteiger charge is -2.09. The number of benzene rings is 1. The summed E-state index contributed by atoms with van der Waals surface area (Å²) in [6.45, 7) is 1.87. The van der Waals surface area contributed by atoms with Crippen molar-refractivity contribution in [1.29, 1.82) is 0 Å². The summed E-state index contributed by atoms with van der Waals surface area (Å²) in [5, 5.41) is 0.653. The van der Waals surface area contributed by atoms with Crippen molar-refractivity contribution in [3.63, 3.8) is 0 Å². The maximum atomic E-state index is 12.1. The number of hydrogen-bond acceptors (Lipinski definition) is 3. The van der Waals surface area contributed by atoms with Crippen LogP contribution in [0.1, 0.15) is 5.69 Å². The highest BCUT2D eigenvalue weighted by atomic mass is 32.2. The molecule has 84 valence electrons. The zero-order valence-corrected chi connectivity index (χ0v) is 10.2. The number of aromatic nitrogens is 2. The van der Waals surface area contributed by atoms with E-state index in [0.717, 1.165) is 15.6 Å². The molecule has 0 unspecified atom stereocenters. The molecule has 0 aliphatic heterocycles. The maximum absolute atomic E-state index is 12.1. The molecular formula is C11H13N2O2S+. The Labute approximate surface area is 97.4 Å². The SMILES string of the molecule is COn1c(C)c(SC)[n+](=O)c2ccccc21. The minimum absolute atomic E-state index is 0.610. The van der Waals surface area contributed by atoms with Crippen molar-refractivity contribution >= 4 is 22.8 Å². The van der Waals surface area contributed by atoms with Crippen LogP contribution in [-0.2, 0) is 0 Å². The molecule has 0 saturated heterocycles. The van der Waals surface area contributed by atoms with E-state index in [4.69, 9.17) is 4.84 Å². The standard InChI is InChI=1S/C11H13N2O2S/c1-8-11(16-3)12(14)9-6-4-5-7-10(9)13(8)15-2/h4-7H,1-3H3/q+1. The first-order valence-corrected chi connectivity index (χ1v) is 6.08. The van der Waals surface area contributed by atoms with Crippen LogP contribution < -0.4 is 9.26 Å². The van der Waals surface area contributed by atoms with Gasteiger partial charge in [-0.2, -0.15) is 4.73 Å². The molecule has 2 aromatic rings. The summed E-state index contributed by atoms with van der Waals surface area (Å²) < 4.78 is 2.63. The van der Waals surface area contributed by atoms with E-state index in [2.05, 4.69) is 0 Å². The first-order valence-electron chi connectivity index (χ1n) is 4.86. The Bertz CT molecular complexity index is 592. The van der Waals surface area contributed by atoms with Crippen LogP contribution >= 0.6 is 11.8 Å². The van der Waals surface area contributed by atoms with Gasteiger partial charge in [-0.25, -0.2) is 0 Å². The van der Waals surface area contributed by atoms with Crippen LogP contribution in [0.4, 0.5) is 0 Å². The zero-order valence-electron chi connectivity index (χ0n) is 9.43. The van der Waals surface area contributed by atoms with Crippen molar-refractivity contribution in [2.45, 2.75) is 11.9 Å². The van der Waals surface area contributed by atoms with Crippen molar-refractivity contribution in [2.24, 2.45) is 0 Å². The Balaban J connectivity index is 3.00. The number of thioether (sulfide) groups is 1. The van der Waals surface area contributed by atoms with E-state index < -0.39 is 0 Å². The molecule has 0 aliphatic rings. The maximum Gasteiger partial charge on any atom is 0.319 e. The van der Waals surface area contributed by atoms with Crippen LogP contribution in [-0.4, -0.2) is 18.1 Å². The molecule has 0 saturated carbocycles. The highest BCUT2D eigenvalue weighted by Gasteiger charge is 2.21. The number of para-hydroxylation sites is 2. The molecule has 0 spiro atoms. The van der Waals surface area contributed by atoms with Gasteiger partial charge >= 0.3 is 5.03 Å². The summed E-state index contributed by atoms with van der Waals surface area (Å²) in [6, 6.07) is 7.38. The lowest BCUT2D eigenvalue weighted by molar-refractivity contribution is -0.511. The first-order chi connectivity index (χ1) is 7.70. The highest BCUT2D eigenvalue weighted by molar-refractivity contribution is 7.98. The van der Waals surface area contributed by atoms with E-state index in [9.17, 15) is 4.91 Å². The third-order valence-electron chi connectivity index (χ3n) is 2.49. The highest BCUT2D eigenvalue weighted by Crippen LogP contribution is 2.19. The molecule has 2 rings (SSSR count). The summed E-state index contributed by atoms with van der Waals surface area (Å²) in [6.07, 6.45) is 1.88. The van der Waals surface area contributed by atoms with E-state index in [1.807, 2.05) is 31.4 Å². The van der Waals surface area contributed by atoms with Gasteiger partial charge in [0.15, 0.2) is 5.52 Å². The van der Waals surface area contributed by atoms with Gasteiger partial charge in [-0.1, -0.05) is 23.9 Å². The fraction of sp³-hybridized carbons (Fsp3) is 0.273. The van der Waals surface area contributed by atoms with Crippen molar-refractivity contribution in [1.82, 2.24) is 4.73 Å². The van der Waals surface area contributed by atoms with Gasteiger partial charge in [0, 0.05) is 11.0 Å². The quantitative estimate of drug-likeness (QED) is 0.588. The second-order valence-electron chi connectivity index (χ2n) is 3.35. The van der Waals surface area contributed by atoms with Gasteiger partial charge in [0.05, 0.1) is 4.43 Å². The van der Waals surface area contributed by atoms with E-state index in [-0.39, 0.29) is 0 Å². The smallest absolute Gasteiger partial charge is 0.319 e. The normalized spacial score (nSPS) is 10.7. The summed E-state index contributed by atoms with van der Waals surface area (Å²) in [4.78, 5) is 17.4. The predicted molar refractivity (Wildman–Crippen MR) is 64.3 cm³/mol. The predicted octanol–water partition coefficient (Wildman–Crippen LogP) is 1.64. The van der Waals surface area contributed by atoms with Gasteiger partial charge in [0.25, 0.3) is 5.52 Å². The van der Waals surface area contributed by atoms with Crippen LogP contribution in [0.5, 0.6) is 0 Å². The van der Waals surface area contributed by atoms with Crippen LogP contribution in [0.25, 0.3) is 11.0 Å². The lowest BCUT2D eigenvalue weighted by atomic mass is 10.3. The Kier molecular flexibility index (Phi) is 2.87. The number of rotatable bonds is 2. The van der Waals surface area contributed by atoms with Crippen LogP contribution in [0.15, 0.2) is 29.3 Å². The summed E-state index contributed by atoms with van der Waals surface area (Å²) in [5.74, 6) is 0. The van der Waals surface area contributed by atoms with E-state index in [1.165, 1.54) is 11.8 Å². The van der Waals surface area contributed by atoms with Crippen molar-refractivity contribution in [3.8, 4) is 0 Å². The molecule has 0 radical (unpaired) electrons. The van der Waals surface area contributed by atoms with Gasteiger partial charge in [-0.3, -0.25) is 0 Å². The van der Waals surface area contributed by atoms with Gasteiger partial charge in [0.2, 0.25) is 0 Å². The number of hydrogen-bond donors (Lipinski definition) is 0. The summed E-state index contributed by atoms with van der Waals surface area (Å²) in [7, 11) is 1.60. The van der Waals surface area contributed by atoms with E-state index >= 15 is 0 Å². The van der Waals surface area contributed by atoms with Crippen molar-refractivity contribution in [3.05, 3.63) is 34.9 Å². The summed E-state index contributed by atoms with van der Waals surface area (Å²) in [5.41, 5.74) is 2.19. The average Bonchev–Trinajstić information content (AvgIpc) is 2.30. The fourth-order valence-electron chi connectivity index (χ4n) is 1.80. The molecule has 1 heterocycles. The molecule has 0 amide bonds. The molecule has 1 aromatic heterocycles. The summed E-state index contributed by atoms with van der Waals surface area (Å²) >= 11 is 1.42. The molecule has 0 bridgehead atoms. The van der Waals surface area contributed by atoms with Crippen LogP contribution in [0.2, 0.25) is 0 Å². The average molecular weight is 237 g/mol. The Hall–Kier alpha value is -1.49. The Morgan fingerprint density at radius 1 is 1.38 bits per heavy atom. The molecule has 16 heavy (non-hydrogen) atoms. The van der Waals surface area contributed by atoms with Crippen LogP contribution in [0, 0.1) is 11.8 Å². The third kappa shape index (κ3) is 1.48. The first kappa shape index (κ1) is 11.0. The second-order valence-corrected chi connectivity index (χ2v) is 4.15. The van der Waals surface area contributed by atoms with Gasteiger partial charge in [-0.05, 0) is 19.2 Å². The minimum Gasteiger partial charge on any atom is -0.416 e. The van der Waals surface area contributed by atoms with Crippen LogP contribution in [0.3, 0.4) is 0 Å². The van der Waals surface area contributed by atoms with Crippen molar-refractivity contribution in [2.75, 3.05) is 13.4 Å². The minimum atomic E-state index is 0.610. The molecule has 4 nitrogen and oxygen atoms in total. The largest absolute Gasteiger partial charge is 0.416 e. The van der Waals surface area contributed by atoms with Gasteiger partial charge in [0.1, 0.15) is 12.8 Å². The Morgan fingerprint density at radius 2 is 2.06 bits per heavy atom. The fourth-order valence-corrected chi connectivity index (χ4v) is 2.44. The topological polar surface area (TPSA) is 37.1 Å². The third-order valence-corrected chi connectivity index (χ3v) is 3.34. The zero-order chi connectivity index (χ0) is 11.7. The Morgan fingerprint density at radius 3 is 2.69 bits per heavy atom.